The van der Waals surface area contributed by atoms with E-state index >= 15 is 0 Å². The summed E-state index contributed by atoms with van der Waals surface area (Å²) < 4.78 is 37.4. The Bertz CT molecular complexity index is 761. The van der Waals surface area contributed by atoms with E-state index in [2.05, 4.69) is 0 Å². The van der Waals surface area contributed by atoms with E-state index in [9.17, 15) is 19.2 Å². The van der Waals surface area contributed by atoms with Crippen molar-refractivity contribution < 1.29 is 52.3 Å². The minimum atomic E-state index is -0.747. The summed E-state index contributed by atoms with van der Waals surface area (Å²) in [4.78, 5) is 48.7. The van der Waals surface area contributed by atoms with Crippen LogP contribution >= 0.6 is 0 Å². The molecule has 224 valence electrons. The summed E-state index contributed by atoms with van der Waals surface area (Å²) in [5, 5.41) is 0. The average Bonchev–Trinajstić information content (AvgIpc) is 3.71. The number of hydrogen-bond donors (Lipinski definition) is 0. The summed E-state index contributed by atoms with van der Waals surface area (Å²) in [7, 11) is 0. The SMILES string of the molecule is CC(C)(C)OC(=O)CC1(C(=O)OCCOCCOCCOCCOC(=O)C2(CC(=O)OC(C)(C)C)CC2)CC1. The number of carbonyl (C=O) groups is 4. The van der Waals surface area contributed by atoms with Gasteiger partial charge < -0.3 is 33.2 Å². The van der Waals surface area contributed by atoms with Crippen LogP contribution in [0.1, 0.15) is 80.1 Å². The number of esters is 4. The van der Waals surface area contributed by atoms with Crippen LogP contribution < -0.4 is 0 Å². The van der Waals surface area contributed by atoms with Gasteiger partial charge in [0, 0.05) is 0 Å². The van der Waals surface area contributed by atoms with Gasteiger partial charge in [-0.15, -0.1) is 0 Å². The fraction of sp³-hybridized carbons (Fsp3) is 0.857. The van der Waals surface area contributed by atoms with Crippen LogP contribution in [-0.2, 0) is 52.3 Å². The van der Waals surface area contributed by atoms with E-state index in [1.54, 1.807) is 41.5 Å². The van der Waals surface area contributed by atoms with Crippen molar-refractivity contribution in [2.45, 2.75) is 91.3 Å². The molecule has 0 unspecified atom stereocenters. The van der Waals surface area contributed by atoms with Gasteiger partial charge in [0.1, 0.15) is 24.4 Å². The zero-order valence-corrected chi connectivity index (χ0v) is 24.4. The molecule has 11 nitrogen and oxygen atoms in total. The quantitative estimate of drug-likeness (QED) is 0.140. The maximum absolute atomic E-state index is 12.3. The van der Waals surface area contributed by atoms with Gasteiger partial charge in [-0.3, -0.25) is 19.2 Å². The number of ether oxygens (including phenoxy) is 7. The molecule has 0 atom stereocenters. The van der Waals surface area contributed by atoms with Gasteiger partial charge in [0.05, 0.1) is 63.3 Å². The third-order valence-electron chi connectivity index (χ3n) is 6.04. The number of hydrogen-bond acceptors (Lipinski definition) is 11. The first kappa shape index (κ1) is 33.0. The zero-order chi connectivity index (χ0) is 29.2. The van der Waals surface area contributed by atoms with E-state index in [0.29, 0.717) is 52.1 Å². The van der Waals surface area contributed by atoms with Gasteiger partial charge in [0.25, 0.3) is 0 Å². The molecule has 0 aliphatic heterocycles. The first-order valence-corrected chi connectivity index (χ1v) is 13.7. The van der Waals surface area contributed by atoms with E-state index in [4.69, 9.17) is 33.2 Å². The molecule has 0 saturated heterocycles. The Morgan fingerprint density at radius 3 is 1.05 bits per heavy atom. The average molecular weight is 559 g/mol. The molecule has 0 spiro atoms. The molecule has 0 aromatic heterocycles. The molecule has 2 saturated carbocycles. The van der Waals surface area contributed by atoms with Crippen LogP contribution in [0, 0.1) is 10.8 Å². The fourth-order valence-electron chi connectivity index (χ4n) is 3.75. The van der Waals surface area contributed by atoms with E-state index in [1.807, 2.05) is 0 Å². The molecule has 2 rings (SSSR count). The monoisotopic (exact) mass is 558 g/mol. The molecule has 11 heteroatoms. The van der Waals surface area contributed by atoms with E-state index in [-0.39, 0.29) is 51.2 Å². The normalized spacial score (nSPS) is 17.2. The summed E-state index contributed by atoms with van der Waals surface area (Å²) in [6.45, 7) is 12.8. The minimum absolute atomic E-state index is 0.0389. The van der Waals surface area contributed by atoms with Crippen molar-refractivity contribution in [1.82, 2.24) is 0 Å². The highest BCUT2D eigenvalue weighted by molar-refractivity contribution is 5.86. The Morgan fingerprint density at radius 2 is 0.795 bits per heavy atom. The Kier molecular flexibility index (Phi) is 12.2. The lowest BCUT2D eigenvalue weighted by atomic mass is 10.0. The molecule has 2 fully saturated rings. The molecule has 2 aliphatic carbocycles. The van der Waals surface area contributed by atoms with Gasteiger partial charge in [-0.2, -0.15) is 0 Å². The maximum Gasteiger partial charge on any atom is 0.312 e. The second-order valence-corrected chi connectivity index (χ2v) is 12.2. The topological polar surface area (TPSA) is 133 Å². The van der Waals surface area contributed by atoms with Gasteiger partial charge in [0.15, 0.2) is 0 Å². The van der Waals surface area contributed by atoms with Crippen molar-refractivity contribution in [3.8, 4) is 0 Å². The van der Waals surface area contributed by atoms with Crippen LogP contribution in [0.4, 0.5) is 0 Å². The highest BCUT2D eigenvalue weighted by Crippen LogP contribution is 2.51. The Morgan fingerprint density at radius 1 is 0.513 bits per heavy atom. The smallest absolute Gasteiger partial charge is 0.312 e. The molecule has 2 aliphatic rings. The first-order valence-electron chi connectivity index (χ1n) is 13.7. The van der Waals surface area contributed by atoms with Crippen LogP contribution in [0.2, 0.25) is 0 Å². The van der Waals surface area contributed by atoms with Crippen LogP contribution in [0.15, 0.2) is 0 Å². The van der Waals surface area contributed by atoms with Crippen molar-refractivity contribution in [2.24, 2.45) is 10.8 Å². The third kappa shape index (κ3) is 13.1. The van der Waals surface area contributed by atoms with Crippen LogP contribution in [0.5, 0.6) is 0 Å². The molecule has 39 heavy (non-hydrogen) atoms. The van der Waals surface area contributed by atoms with Crippen LogP contribution in [-0.4, -0.2) is 87.9 Å². The summed E-state index contributed by atoms with van der Waals surface area (Å²) in [6.07, 6.45) is 2.57. The van der Waals surface area contributed by atoms with E-state index in [0.717, 1.165) is 0 Å². The summed E-state index contributed by atoms with van der Waals surface area (Å²) in [5.41, 5.74) is -2.66. The van der Waals surface area contributed by atoms with Gasteiger partial charge >= 0.3 is 23.9 Å². The van der Waals surface area contributed by atoms with Crippen LogP contribution in [0.3, 0.4) is 0 Å². The molecular formula is C28H46O11. The van der Waals surface area contributed by atoms with E-state index < -0.39 is 34.0 Å². The molecule has 0 amide bonds. The van der Waals surface area contributed by atoms with Gasteiger partial charge in [0.2, 0.25) is 0 Å². The molecule has 0 N–H and O–H groups in total. The number of rotatable bonds is 18. The second-order valence-electron chi connectivity index (χ2n) is 12.2. The molecule has 0 heterocycles. The third-order valence-corrected chi connectivity index (χ3v) is 6.04. The van der Waals surface area contributed by atoms with Gasteiger partial charge in [-0.25, -0.2) is 0 Å². The summed E-state index contributed by atoms with van der Waals surface area (Å²) in [5.74, 6) is -1.55. The zero-order valence-electron chi connectivity index (χ0n) is 24.4. The van der Waals surface area contributed by atoms with Crippen molar-refractivity contribution >= 4 is 23.9 Å². The van der Waals surface area contributed by atoms with Crippen molar-refractivity contribution in [2.75, 3.05) is 52.9 Å². The standard InChI is InChI=1S/C28H46O11/c1-25(2,3)38-21(29)19-27(7-8-27)23(31)36-17-15-34-13-11-33-12-14-35-16-18-37-24(32)28(9-10-28)20-22(30)39-26(4,5)6/h7-20H2,1-6H3. The number of carbonyl (C=O) groups excluding carboxylic acids is 4. The van der Waals surface area contributed by atoms with E-state index in [1.165, 1.54) is 0 Å². The van der Waals surface area contributed by atoms with Crippen LogP contribution in [0.25, 0.3) is 0 Å². The van der Waals surface area contributed by atoms with Gasteiger partial charge in [-0.1, -0.05) is 0 Å². The lowest BCUT2D eigenvalue weighted by Crippen LogP contribution is -2.29. The largest absolute Gasteiger partial charge is 0.463 e. The Balaban J connectivity index is 1.41. The molecule has 0 radical (unpaired) electrons. The Hall–Kier alpha value is -2.24. The lowest BCUT2D eigenvalue weighted by molar-refractivity contribution is -0.163. The molecule has 0 bridgehead atoms. The maximum atomic E-state index is 12.3. The van der Waals surface area contributed by atoms with Crippen molar-refractivity contribution in [3.05, 3.63) is 0 Å². The predicted molar refractivity (Wildman–Crippen MR) is 139 cm³/mol. The summed E-state index contributed by atoms with van der Waals surface area (Å²) in [6, 6.07) is 0. The lowest BCUT2D eigenvalue weighted by Gasteiger charge is -2.21. The summed E-state index contributed by atoms with van der Waals surface area (Å²) >= 11 is 0. The van der Waals surface area contributed by atoms with Crippen molar-refractivity contribution in [1.29, 1.82) is 0 Å². The highest BCUT2D eigenvalue weighted by Gasteiger charge is 2.54. The predicted octanol–water partition coefficient (Wildman–Crippen LogP) is 3.15. The van der Waals surface area contributed by atoms with Gasteiger partial charge in [-0.05, 0) is 67.2 Å². The van der Waals surface area contributed by atoms with Crippen molar-refractivity contribution in [3.63, 3.8) is 0 Å². The second kappa shape index (κ2) is 14.4. The highest BCUT2D eigenvalue weighted by atomic mass is 16.6. The first-order chi connectivity index (χ1) is 18.2. The molecule has 0 aromatic rings. The Labute approximate surface area is 231 Å². The molecule has 0 aromatic carbocycles. The molecular weight excluding hydrogens is 512 g/mol. The minimum Gasteiger partial charge on any atom is -0.463 e. The fourth-order valence-corrected chi connectivity index (χ4v) is 3.75.